The van der Waals surface area contributed by atoms with Gasteiger partial charge in [-0.1, -0.05) is 12.1 Å². The second-order valence-corrected chi connectivity index (χ2v) is 4.21. The van der Waals surface area contributed by atoms with Gasteiger partial charge in [-0.2, -0.15) is 0 Å². The number of rotatable bonds is 5. The van der Waals surface area contributed by atoms with Crippen LogP contribution < -0.4 is 4.74 Å². The lowest BCUT2D eigenvalue weighted by Crippen LogP contribution is -2.25. The van der Waals surface area contributed by atoms with Crippen LogP contribution in [0.3, 0.4) is 0 Å². The molecule has 0 radical (unpaired) electrons. The number of benzene rings is 1. The summed E-state index contributed by atoms with van der Waals surface area (Å²) in [5, 5.41) is 0. The Morgan fingerprint density at radius 1 is 1.28 bits per heavy atom. The molecule has 0 fully saturated rings. The molecule has 1 aromatic rings. The summed E-state index contributed by atoms with van der Waals surface area (Å²) >= 11 is 0. The van der Waals surface area contributed by atoms with Gasteiger partial charge in [0, 0.05) is 0 Å². The van der Waals surface area contributed by atoms with Gasteiger partial charge in [0.2, 0.25) is 0 Å². The molecule has 0 aliphatic carbocycles. The van der Waals surface area contributed by atoms with E-state index >= 15 is 0 Å². The van der Waals surface area contributed by atoms with Gasteiger partial charge in [-0.15, -0.1) is 0 Å². The van der Waals surface area contributed by atoms with E-state index in [2.05, 4.69) is 4.74 Å². The number of aryl methyl sites for hydroxylation is 1. The third-order valence-corrected chi connectivity index (χ3v) is 2.84. The molecule has 1 unspecified atom stereocenters. The highest BCUT2D eigenvalue weighted by Crippen LogP contribution is 2.23. The SMILES string of the molecule is COC(=O)C(Cc1ccc(C)cc1OC)C(C)=O. The van der Waals surface area contributed by atoms with Crippen LogP contribution in [0.4, 0.5) is 0 Å². The summed E-state index contributed by atoms with van der Waals surface area (Å²) in [6.07, 6.45) is 0.297. The second-order valence-electron chi connectivity index (χ2n) is 4.21. The van der Waals surface area contributed by atoms with Crippen molar-refractivity contribution in [3.63, 3.8) is 0 Å². The first-order valence-corrected chi connectivity index (χ1v) is 5.71. The molecular formula is C14H18O4. The molecule has 0 aromatic heterocycles. The molecule has 1 rings (SSSR count). The normalized spacial score (nSPS) is 11.8. The van der Waals surface area contributed by atoms with Crippen LogP contribution in [0.1, 0.15) is 18.1 Å². The maximum atomic E-state index is 11.5. The van der Waals surface area contributed by atoms with Crippen molar-refractivity contribution < 1.29 is 19.1 Å². The van der Waals surface area contributed by atoms with Crippen LogP contribution in [0, 0.1) is 12.8 Å². The number of methoxy groups -OCH3 is 2. The highest BCUT2D eigenvalue weighted by Gasteiger charge is 2.25. The average molecular weight is 250 g/mol. The van der Waals surface area contributed by atoms with Gasteiger partial charge in [0.05, 0.1) is 14.2 Å². The first kappa shape index (κ1) is 14.2. The zero-order valence-corrected chi connectivity index (χ0v) is 11.1. The number of hydrogen-bond acceptors (Lipinski definition) is 4. The third-order valence-electron chi connectivity index (χ3n) is 2.84. The summed E-state index contributed by atoms with van der Waals surface area (Å²) < 4.78 is 9.90. The van der Waals surface area contributed by atoms with E-state index in [0.717, 1.165) is 11.1 Å². The van der Waals surface area contributed by atoms with Gasteiger partial charge in [-0.3, -0.25) is 9.59 Å². The lowest BCUT2D eigenvalue weighted by atomic mass is 9.95. The van der Waals surface area contributed by atoms with E-state index in [0.29, 0.717) is 12.2 Å². The van der Waals surface area contributed by atoms with Gasteiger partial charge in [-0.05, 0) is 37.5 Å². The Morgan fingerprint density at radius 3 is 2.44 bits per heavy atom. The maximum absolute atomic E-state index is 11.5. The summed E-state index contributed by atoms with van der Waals surface area (Å²) in [7, 11) is 2.85. The summed E-state index contributed by atoms with van der Waals surface area (Å²) in [5.74, 6) is -0.800. The van der Waals surface area contributed by atoms with Gasteiger partial charge in [-0.25, -0.2) is 0 Å². The zero-order valence-electron chi connectivity index (χ0n) is 11.1. The number of Topliss-reactive ketones (excluding diaryl/α,β-unsaturated/α-hetero) is 1. The number of ketones is 1. The molecule has 0 aliphatic heterocycles. The van der Waals surface area contributed by atoms with Gasteiger partial charge in [0.25, 0.3) is 0 Å². The van der Waals surface area contributed by atoms with E-state index in [1.54, 1.807) is 7.11 Å². The maximum Gasteiger partial charge on any atom is 0.316 e. The van der Waals surface area contributed by atoms with Crippen LogP contribution in [0.15, 0.2) is 18.2 Å². The van der Waals surface area contributed by atoms with E-state index in [1.165, 1.54) is 14.0 Å². The van der Waals surface area contributed by atoms with Crippen molar-refractivity contribution in [1.82, 2.24) is 0 Å². The predicted octanol–water partition coefficient (Wildman–Crippen LogP) is 1.92. The Labute approximate surface area is 107 Å². The largest absolute Gasteiger partial charge is 0.496 e. The van der Waals surface area contributed by atoms with Crippen molar-refractivity contribution in [3.8, 4) is 5.75 Å². The summed E-state index contributed by atoms with van der Waals surface area (Å²) in [6, 6.07) is 5.67. The number of carbonyl (C=O) groups is 2. The summed E-state index contributed by atoms with van der Waals surface area (Å²) in [6.45, 7) is 3.34. The molecule has 1 aromatic carbocycles. The fraction of sp³-hybridized carbons (Fsp3) is 0.429. The molecule has 98 valence electrons. The molecule has 0 aliphatic rings. The van der Waals surface area contributed by atoms with Crippen molar-refractivity contribution in [2.45, 2.75) is 20.3 Å². The molecule has 4 heteroatoms. The highest BCUT2D eigenvalue weighted by molar-refractivity contribution is 5.98. The first-order chi connectivity index (χ1) is 8.49. The van der Waals surface area contributed by atoms with Crippen molar-refractivity contribution in [1.29, 1.82) is 0 Å². The molecule has 0 heterocycles. The molecule has 0 amide bonds. The van der Waals surface area contributed by atoms with Crippen LogP contribution in [0.25, 0.3) is 0 Å². The van der Waals surface area contributed by atoms with Crippen molar-refractivity contribution in [2.75, 3.05) is 14.2 Å². The van der Waals surface area contributed by atoms with E-state index in [4.69, 9.17) is 4.74 Å². The average Bonchev–Trinajstić information content (AvgIpc) is 2.35. The fourth-order valence-electron chi connectivity index (χ4n) is 1.78. The minimum atomic E-state index is -0.772. The van der Waals surface area contributed by atoms with E-state index in [-0.39, 0.29) is 5.78 Å². The number of carbonyl (C=O) groups excluding carboxylic acids is 2. The molecule has 0 saturated carbocycles. The first-order valence-electron chi connectivity index (χ1n) is 5.71. The Bertz CT molecular complexity index is 451. The molecule has 0 spiro atoms. The summed E-state index contributed by atoms with van der Waals surface area (Å²) in [5.41, 5.74) is 1.89. The molecular weight excluding hydrogens is 232 g/mol. The van der Waals surface area contributed by atoms with Gasteiger partial charge < -0.3 is 9.47 Å². The quantitative estimate of drug-likeness (QED) is 0.592. The Kier molecular flexibility index (Phi) is 4.89. The Morgan fingerprint density at radius 2 is 1.94 bits per heavy atom. The molecule has 18 heavy (non-hydrogen) atoms. The minimum absolute atomic E-state index is 0.204. The number of hydrogen-bond donors (Lipinski definition) is 0. The standard InChI is InChI=1S/C14H18O4/c1-9-5-6-11(13(7-9)17-3)8-12(10(2)15)14(16)18-4/h5-7,12H,8H2,1-4H3. The Balaban J connectivity index is 3.00. The molecule has 0 bridgehead atoms. The highest BCUT2D eigenvalue weighted by atomic mass is 16.5. The molecule has 4 nitrogen and oxygen atoms in total. The molecule has 0 N–H and O–H groups in total. The second kappa shape index (κ2) is 6.19. The zero-order chi connectivity index (χ0) is 13.7. The Hall–Kier alpha value is -1.84. The summed E-state index contributed by atoms with van der Waals surface area (Å²) in [4.78, 5) is 23.0. The van der Waals surface area contributed by atoms with E-state index in [9.17, 15) is 9.59 Å². The fourth-order valence-corrected chi connectivity index (χ4v) is 1.78. The van der Waals surface area contributed by atoms with Gasteiger partial charge in [0.1, 0.15) is 17.5 Å². The van der Waals surface area contributed by atoms with Crippen molar-refractivity contribution in [3.05, 3.63) is 29.3 Å². The van der Waals surface area contributed by atoms with Crippen LogP contribution in [0.5, 0.6) is 5.75 Å². The number of ether oxygens (including phenoxy) is 2. The minimum Gasteiger partial charge on any atom is -0.496 e. The molecule has 1 atom stereocenters. The van der Waals surface area contributed by atoms with Crippen molar-refractivity contribution >= 4 is 11.8 Å². The molecule has 0 saturated heterocycles. The van der Waals surface area contributed by atoms with E-state index < -0.39 is 11.9 Å². The van der Waals surface area contributed by atoms with Crippen LogP contribution in [-0.4, -0.2) is 26.0 Å². The van der Waals surface area contributed by atoms with Crippen LogP contribution in [-0.2, 0) is 20.7 Å². The van der Waals surface area contributed by atoms with Crippen LogP contribution >= 0.6 is 0 Å². The van der Waals surface area contributed by atoms with Gasteiger partial charge in [0.15, 0.2) is 0 Å². The lowest BCUT2D eigenvalue weighted by Gasteiger charge is -2.14. The number of esters is 1. The van der Waals surface area contributed by atoms with E-state index in [1.807, 2.05) is 25.1 Å². The predicted molar refractivity (Wildman–Crippen MR) is 67.6 cm³/mol. The topological polar surface area (TPSA) is 52.6 Å². The van der Waals surface area contributed by atoms with Crippen LogP contribution in [0.2, 0.25) is 0 Å². The smallest absolute Gasteiger partial charge is 0.316 e. The lowest BCUT2D eigenvalue weighted by molar-refractivity contribution is -0.148. The van der Waals surface area contributed by atoms with Crippen molar-refractivity contribution in [2.24, 2.45) is 5.92 Å². The monoisotopic (exact) mass is 250 g/mol. The third kappa shape index (κ3) is 3.32. The van der Waals surface area contributed by atoms with Gasteiger partial charge >= 0.3 is 5.97 Å².